The summed E-state index contributed by atoms with van der Waals surface area (Å²) < 4.78 is 0. The van der Waals surface area contributed by atoms with Crippen LogP contribution >= 0.6 is 0 Å². The average Bonchev–Trinajstić information content (AvgIpc) is 3.11. The lowest BCUT2D eigenvalue weighted by Gasteiger charge is -2.28. The van der Waals surface area contributed by atoms with Crippen molar-refractivity contribution in [2.75, 3.05) is 28.2 Å². The summed E-state index contributed by atoms with van der Waals surface area (Å²) in [5.41, 5.74) is 4.92. The second kappa shape index (κ2) is 7.74. The number of hydrogen-bond acceptors (Lipinski definition) is 5. The normalized spacial score (nSPS) is 18.6. The van der Waals surface area contributed by atoms with Gasteiger partial charge in [-0.15, -0.1) is 0 Å². The zero-order valence-corrected chi connectivity index (χ0v) is 16.9. The van der Waals surface area contributed by atoms with Crippen LogP contribution in [0, 0.1) is 0 Å². The van der Waals surface area contributed by atoms with Gasteiger partial charge in [0.25, 0.3) is 0 Å². The van der Waals surface area contributed by atoms with Crippen LogP contribution in [0.1, 0.15) is 31.7 Å². The highest BCUT2D eigenvalue weighted by molar-refractivity contribution is 5.68. The van der Waals surface area contributed by atoms with E-state index in [4.69, 9.17) is 4.98 Å². The largest absolute Gasteiger partial charge is 0.372 e. The Kier molecular flexibility index (Phi) is 4.80. The van der Waals surface area contributed by atoms with E-state index < -0.39 is 0 Å². The Morgan fingerprint density at radius 3 is 2.55 bits per heavy atom. The van der Waals surface area contributed by atoms with Crippen molar-refractivity contribution in [1.82, 2.24) is 9.97 Å². The number of rotatable bonds is 4. The summed E-state index contributed by atoms with van der Waals surface area (Å²) >= 11 is 0. The second-order valence-corrected chi connectivity index (χ2v) is 8.01. The van der Waals surface area contributed by atoms with Crippen molar-refractivity contribution in [3.63, 3.8) is 0 Å². The maximum atomic E-state index is 4.80. The number of para-hydroxylation sites is 1. The van der Waals surface area contributed by atoms with Gasteiger partial charge in [-0.05, 0) is 74.6 Å². The summed E-state index contributed by atoms with van der Waals surface area (Å²) in [6, 6.07) is 19.5. The van der Waals surface area contributed by atoms with E-state index in [1.54, 1.807) is 0 Å². The molecule has 1 saturated heterocycles. The number of piperidine rings is 1. The molecule has 0 radical (unpaired) electrons. The van der Waals surface area contributed by atoms with Crippen LogP contribution < -0.4 is 15.1 Å². The summed E-state index contributed by atoms with van der Waals surface area (Å²) in [6.07, 6.45) is 6.80. The Bertz CT molecular complexity index is 979. The molecule has 1 atom stereocenters. The van der Waals surface area contributed by atoms with Crippen molar-refractivity contribution in [1.29, 1.82) is 0 Å². The molecule has 2 aromatic carbocycles. The predicted molar refractivity (Wildman–Crippen MR) is 120 cm³/mol. The van der Waals surface area contributed by atoms with E-state index in [9.17, 15) is 0 Å². The highest BCUT2D eigenvalue weighted by Gasteiger charge is 2.28. The molecule has 3 heterocycles. The van der Waals surface area contributed by atoms with Gasteiger partial charge in [-0.3, -0.25) is 0 Å². The van der Waals surface area contributed by atoms with E-state index in [1.165, 1.54) is 36.2 Å². The Morgan fingerprint density at radius 1 is 0.931 bits per heavy atom. The zero-order chi connectivity index (χ0) is 19.6. The fourth-order valence-electron chi connectivity index (χ4n) is 4.46. The molecule has 3 aromatic rings. The molecule has 1 N–H and O–H groups in total. The fraction of sp³-hybridized carbons (Fsp3) is 0.333. The first kappa shape index (κ1) is 18.0. The molecule has 0 amide bonds. The van der Waals surface area contributed by atoms with E-state index in [1.807, 2.05) is 12.3 Å². The molecular weight excluding hydrogens is 358 g/mol. The van der Waals surface area contributed by atoms with Gasteiger partial charge < -0.3 is 15.1 Å². The highest BCUT2D eigenvalue weighted by Crippen LogP contribution is 2.36. The molecule has 5 rings (SSSR count). The van der Waals surface area contributed by atoms with E-state index in [0.717, 1.165) is 37.0 Å². The molecule has 29 heavy (non-hydrogen) atoms. The second-order valence-electron chi connectivity index (χ2n) is 8.01. The molecule has 0 saturated carbocycles. The van der Waals surface area contributed by atoms with Crippen molar-refractivity contribution in [3.05, 3.63) is 66.4 Å². The fourth-order valence-corrected chi connectivity index (χ4v) is 4.46. The van der Waals surface area contributed by atoms with E-state index in [0.29, 0.717) is 6.04 Å². The number of benzene rings is 2. The Hall–Kier alpha value is -3.08. The predicted octanol–water partition coefficient (Wildman–Crippen LogP) is 5.29. The molecule has 2 aliphatic heterocycles. The van der Waals surface area contributed by atoms with Crippen LogP contribution in [0.4, 0.5) is 28.8 Å². The minimum atomic E-state index is 0.353. The Labute approximate surface area is 172 Å². The van der Waals surface area contributed by atoms with Gasteiger partial charge in [-0.2, -0.15) is 4.98 Å². The van der Waals surface area contributed by atoms with E-state index >= 15 is 0 Å². The van der Waals surface area contributed by atoms with Gasteiger partial charge in [0.2, 0.25) is 5.95 Å². The molecule has 0 aliphatic carbocycles. The first-order chi connectivity index (χ1) is 14.3. The minimum Gasteiger partial charge on any atom is -0.372 e. The van der Waals surface area contributed by atoms with Gasteiger partial charge in [0.1, 0.15) is 5.82 Å². The quantitative estimate of drug-likeness (QED) is 0.661. The zero-order valence-electron chi connectivity index (χ0n) is 16.9. The monoisotopic (exact) mass is 385 g/mol. The van der Waals surface area contributed by atoms with Gasteiger partial charge >= 0.3 is 0 Å². The van der Waals surface area contributed by atoms with Gasteiger partial charge in [0.05, 0.1) is 0 Å². The summed E-state index contributed by atoms with van der Waals surface area (Å²) in [5.74, 6) is 1.56. The van der Waals surface area contributed by atoms with Crippen molar-refractivity contribution >= 4 is 28.8 Å². The lowest BCUT2D eigenvalue weighted by Crippen LogP contribution is -2.29. The molecule has 1 aromatic heterocycles. The maximum absolute atomic E-state index is 4.80. The first-order valence-electron chi connectivity index (χ1n) is 10.6. The van der Waals surface area contributed by atoms with Gasteiger partial charge in [0.15, 0.2) is 0 Å². The molecule has 148 valence electrons. The summed E-state index contributed by atoms with van der Waals surface area (Å²) in [5, 5.41) is 3.44. The first-order valence-corrected chi connectivity index (χ1v) is 10.6. The van der Waals surface area contributed by atoms with Crippen LogP contribution in [0.2, 0.25) is 0 Å². The molecule has 0 bridgehead atoms. The average molecular weight is 386 g/mol. The van der Waals surface area contributed by atoms with Gasteiger partial charge in [0, 0.05) is 42.4 Å². The summed E-state index contributed by atoms with van der Waals surface area (Å²) in [4.78, 5) is 14.1. The molecule has 1 fully saturated rings. The third-order valence-corrected chi connectivity index (χ3v) is 5.93. The Balaban J connectivity index is 1.34. The van der Waals surface area contributed by atoms with Crippen LogP contribution in [-0.2, 0) is 6.42 Å². The lowest BCUT2D eigenvalue weighted by molar-refractivity contribution is 0.578. The maximum Gasteiger partial charge on any atom is 0.232 e. The van der Waals surface area contributed by atoms with Crippen molar-refractivity contribution in [2.24, 2.45) is 0 Å². The summed E-state index contributed by atoms with van der Waals surface area (Å²) in [6.45, 7) is 4.55. The number of fused-ring (bicyclic) bond motifs is 1. The molecule has 5 nitrogen and oxygen atoms in total. The third kappa shape index (κ3) is 3.65. The molecule has 2 aliphatic rings. The smallest absolute Gasteiger partial charge is 0.232 e. The van der Waals surface area contributed by atoms with Crippen molar-refractivity contribution in [2.45, 2.75) is 38.6 Å². The number of nitrogens with zero attached hydrogens (tertiary/aromatic N) is 4. The van der Waals surface area contributed by atoms with Crippen LogP contribution in [0.3, 0.4) is 0 Å². The molecule has 1 unspecified atom stereocenters. The van der Waals surface area contributed by atoms with E-state index in [-0.39, 0.29) is 0 Å². The van der Waals surface area contributed by atoms with Gasteiger partial charge in [-0.25, -0.2) is 4.98 Å². The number of hydrogen-bond donors (Lipinski definition) is 1. The number of aromatic nitrogens is 2. The standard InChI is InChI=1S/C24H27N5/c1-18-17-19-7-3-4-8-22(19)29(18)24-25-14-13-23(27-24)26-20-9-11-21(12-10-20)28-15-5-2-6-16-28/h3-4,7-14,18H,2,5-6,15-17H2,1H3,(H,25,26,27). The van der Waals surface area contributed by atoms with E-state index in [2.05, 4.69) is 75.6 Å². The lowest BCUT2D eigenvalue weighted by atomic mass is 10.1. The highest BCUT2D eigenvalue weighted by atomic mass is 15.3. The van der Waals surface area contributed by atoms with Crippen molar-refractivity contribution < 1.29 is 0 Å². The minimum absolute atomic E-state index is 0.353. The van der Waals surface area contributed by atoms with Crippen LogP contribution in [0.5, 0.6) is 0 Å². The topological polar surface area (TPSA) is 44.3 Å². The number of nitrogens with one attached hydrogen (secondary N) is 1. The van der Waals surface area contributed by atoms with Crippen LogP contribution in [-0.4, -0.2) is 29.1 Å². The Morgan fingerprint density at radius 2 is 1.72 bits per heavy atom. The SMILES string of the molecule is CC1Cc2ccccc2N1c1nccc(Nc2ccc(N3CCCCC3)cc2)n1. The van der Waals surface area contributed by atoms with Gasteiger partial charge in [-0.1, -0.05) is 18.2 Å². The van der Waals surface area contributed by atoms with Crippen molar-refractivity contribution in [3.8, 4) is 0 Å². The molecule has 0 spiro atoms. The molecule has 5 heteroatoms. The number of anilines is 5. The molecular formula is C24H27N5. The van der Waals surface area contributed by atoms with Crippen LogP contribution in [0.25, 0.3) is 0 Å². The summed E-state index contributed by atoms with van der Waals surface area (Å²) in [7, 11) is 0. The van der Waals surface area contributed by atoms with Crippen LogP contribution in [0.15, 0.2) is 60.8 Å². The third-order valence-electron chi connectivity index (χ3n) is 5.93.